The van der Waals surface area contributed by atoms with E-state index in [-0.39, 0.29) is 0 Å². The summed E-state index contributed by atoms with van der Waals surface area (Å²) in [6.07, 6.45) is 0. The number of hydrogen-bond donors (Lipinski definition) is 0. The quantitative estimate of drug-likeness (QED) is 0.130. The van der Waals surface area contributed by atoms with Crippen molar-refractivity contribution in [2.24, 2.45) is 0 Å². The molecule has 1 aromatic heterocycles. The number of aromatic nitrogens is 2. The van der Waals surface area contributed by atoms with Gasteiger partial charge >= 0.3 is 0 Å². The fourth-order valence-corrected chi connectivity index (χ4v) is 8.85. The van der Waals surface area contributed by atoms with E-state index < -0.39 is 0 Å². The van der Waals surface area contributed by atoms with Crippen molar-refractivity contribution in [1.82, 2.24) is 9.97 Å². The summed E-state index contributed by atoms with van der Waals surface area (Å²) in [5.74, 6) is 1.39. The molecule has 1 heterocycles. The summed E-state index contributed by atoms with van der Waals surface area (Å²) in [6, 6.07) is 94.3. The van der Waals surface area contributed by atoms with Crippen molar-refractivity contribution >= 4 is 45.0 Å². The minimum absolute atomic E-state index is 0.646. The van der Waals surface area contributed by atoms with Crippen LogP contribution in [-0.2, 0) is 0 Å². The molecular formula is C62H44N4. The van der Waals surface area contributed by atoms with Crippen molar-refractivity contribution in [2.45, 2.75) is 0 Å². The summed E-state index contributed by atoms with van der Waals surface area (Å²) in [5, 5.41) is 2.30. The number of rotatable bonds is 11. The molecule has 66 heavy (non-hydrogen) atoms. The molecule has 0 spiro atoms. The standard InChI is InChI=1S/C62H44N4/c1-6-20-45(21-7-1)48-36-39-54(40-37-48)65(55-33-18-32-53(42-55)46-22-8-2-9-23-46)58-34-19-35-59(61(58)50-27-12-4-13-28-50)66(56-41-38-47-24-16-17-31-52(47)43-56)60-44-57(49-25-10-3-11-26-49)63-62(64-60)51-29-14-5-15-30-51/h1-44H. The highest BCUT2D eigenvalue weighted by Gasteiger charge is 2.26. The van der Waals surface area contributed by atoms with Gasteiger partial charge < -0.3 is 4.90 Å². The lowest BCUT2D eigenvalue weighted by Crippen LogP contribution is -2.17. The van der Waals surface area contributed by atoms with Gasteiger partial charge in [0.15, 0.2) is 5.82 Å². The van der Waals surface area contributed by atoms with Crippen LogP contribution in [0.5, 0.6) is 0 Å². The van der Waals surface area contributed by atoms with Gasteiger partial charge in [0, 0.05) is 39.8 Å². The molecule has 11 rings (SSSR count). The zero-order valence-electron chi connectivity index (χ0n) is 36.2. The molecule has 4 heteroatoms. The Bertz CT molecular complexity index is 3340. The first-order valence-electron chi connectivity index (χ1n) is 22.3. The third kappa shape index (κ3) is 8.11. The number of nitrogens with zero attached hydrogens (tertiary/aromatic N) is 4. The van der Waals surface area contributed by atoms with Crippen LogP contribution in [0.15, 0.2) is 267 Å². The first kappa shape index (κ1) is 40.0. The van der Waals surface area contributed by atoms with Crippen LogP contribution in [0.2, 0.25) is 0 Å². The third-order valence-corrected chi connectivity index (χ3v) is 12.0. The summed E-state index contributed by atoms with van der Waals surface area (Å²) in [4.78, 5) is 15.4. The third-order valence-electron chi connectivity index (χ3n) is 12.0. The molecule has 312 valence electrons. The largest absolute Gasteiger partial charge is 0.310 e. The Morgan fingerprint density at radius 1 is 0.258 bits per heavy atom. The van der Waals surface area contributed by atoms with E-state index in [1.54, 1.807) is 0 Å². The Hall–Kier alpha value is -8.86. The van der Waals surface area contributed by atoms with E-state index in [2.05, 4.69) is 252 Å². The number of benzene rings is 10. The molecule has 4 nitrogen and oxygen atoms in total. The predicted octanol–water partition coefficient (Wildman–Crippen LogP) is 16.9. The minimum Gasteiger partial charge on any atom is -0.310 e. The Labute approximate surface area is 386 Å². The smallest absolute Gasteiger partial charge is 0.162 e. The van der Waals surface area contributed by atoms with E-state index in [4.69, 9.17) is 9.97 Å². The zero-order valence-corrected chi connectivity index (χ0v) is 36.2. The highest BCUT2D eigenvalue weighted by molar-refractivity contribution is 6.00. The molecule has 0 bridgehead atoms. The van der Waals surface area contributed by atoms with Crippen LogP contribution in [0.3, 0.4) is 0 Å². The highest BCUT2D eigenvalue weighted by Crippen LogP contribution is 2.49. The highest BCUT2D eigenvalue weighted by atomic mass is 15.2. The van der Waals surface area contributed by atoms with Crippen molar-refractivity contribution < 1.29 is 0 Å². The first-order valence-corrected chi connectivity index (χ1v) is 22.3. The Balaban J connectivity index is 1.19. The lowest BCUT2D eigenvalue weighted by molar-refractivity contribution is 1.12. The fraction of sp³-hybridized carbons (Fsp3) is 0. The molecule has 0 unspecified atom stereocenters. The van der Waals surface area contributed by atoms with E-state index in [1.165, 1.54) is 10.9 Å². The lowest BCUT2D eigenvalue weighted by Gasteiger charge is -2.33. The topological polar surface area (TPSA) is 32.3 Å². The molecule has 0 aliphatic rings. The van der Waals surface area contributed by atoms with Gasteiger partial charge in [0.05, 0.1) is 17.1 Å². The van der Waals surface area contributed by atoms with Crippen molar-refractivity contribution in [3.05, 3.63) is 267 Å². The maximum absolute atomic E-state index is 5.47. The van der Waals surface area contributed by atoms with E-state index in [0.29, 0.717) is 5.82 Å². The van der Waals surface area contributed by atoms with Gasteiger partial charge in [-0.05, 0) is 87.1 Å². The van der Waals surface area contributed by atoms with Gasteiger partial charge in [-0.1, -0.05) is 212 Å². The number of fused-ring (bicyclic) bond motifs is 1. The molecular weight excluding hydrogens is 801 g/mol. The molecule has 0 saturated carbocycles. The van der Waals surface area contributed by atoms with Crippen LogP contribution in [0.1, 0.15) is 0 Å². The maximum Gasteiger partial charge on any atom is 0.162 e. The second-order valence-corrected chi connectivity index (χ2v) is 16.2. The second-order valence-electron chi connectivity index (χ2n) is 16.2. The average Bonchev–Trinajstić information content (AvgIpc) is 3.40. The van der Waals surface area contributed by atoms with E-state index >= 15 is 0 Å². The predicted molar refractivity (Wildman–Crippen MR) is 276 cm³/mol. The summed E-state index contributed by atoms with van der Waals surface area (Å²) in [7, 11) is 0. The average molecular weight is 845 g/mol. The van der Waals surface area contributed by atoms with Gasteiger partial charge in [-0.15, -0.1) is 0 Å². The van der Waals surface area contributed by atoms with Gasteiger partial charge in [-0.3, -0.25) is 4.90 Å². The van der Waals surface area contributed by atoms with Crippen LogP contribution < -0.4 is 9.80 Å². The summed E-state index contributed by atoms with van der Waals surface area (Å²) in [5.41, 5.74) is 14.6. The normalized spacial score (nSPS) is 11.0. The van der Waals surface area contributed by atoms with Gasteiger partial charge in [-0.2, -0.15) is 0 Å². The van der Waals surface area contributed by atoms with Gasteiger partial charge in [0.1, 0.15) is 5.82 Å². The van der Waals surface area contributed by atoms with E-state index in [1.807, 2.05) is 24.3 Å². The Morgan fingerprint density at radius 2 is 0.727 bits per heavy atom. The molecule has 0 amide bonds. The van der Waals surface area contributed by atoms with Crippen molar-refractivity contribution in [1.29, 1.82) is 0 Å². The SMILES string of the molecule is c1ccc(-c2ccc(N(c3cccc(-c4ccccc4)c3)c3cccc(N(c4ccc5ccccc5c4)c4cc(-c5ccccc5)nc(-c5ccccc5)n4)c3-c3ccccc3)cc2)cc1. The number of anilines is 6. The molecule has 0 aliphatic carbocycles. The van der Waals surface area contributed by atoms with Gasteiger partial charge in [0.25, 0.3) is 0 Å². The Morgan fingerprint density at radius 3 is 1.38 bits per heavy atom. The van der Waals surface area contributed by atoms with Crippen LogP contribution in [0.25, 0.3) is 66.8 Å². The monoisotopic (exact) mass is 844 g/mol. The molecule has 0 atom stereocenters. The van der Waals surface area contributed by atoms with Crippen molar-refractivity contribution in [3.8, 4) is 56.0 Å². The second kappa shape index (κ2) is 18.1. The molecule has 0 fully saturated rings. The summed E-state index contributed by atoms with van der Waals surface area (Å²) < 4.78 is 0. The van der Waals surface area contributed by atoms with Gasteiger partial charge in [-0.25, -0.2) is 9.97 Å². The van der Waals surface area contributed by atoms with Gasteiger partial charge in [0.2, 0.25) is 0 Å². The van der Waals surface area contributed by atoms with Crippen molar-refractivity contribution in [3.63, 3.8) is 0 Å². The van der Waals surface area contributed by atoms with Crippen LogP contribution >= 0.6 is 0 Å². The maximum atomic E-state index is 5.47. The molecule has 0 saturated heterocycles. The number of hydrogen-bond acceptors (Lipinski definition) is 4. The zero-order chi connectivity index (χ0) is 44.1. The first-order chi connectivity index (χ1) is 32.7. The molecule has 11 aromatic rings. The fourth-order valence-electron chi connectivity index (χ4n) is 8.85. The van der Waals surface area contributed by atoms with E-state index in [0.717, 1.165) is 84.3 Å². The summed E-state index contributed by atoms with van der Waals surface area (Å²) in [6.45, 7) is 0. The molecule has 0 radical (unpaired) electrons. The lowest BCUT2D eigenvalue weighted by atomic mass is 9.97. The summed E-state index contributed by atoms with van der Waals surface area (Å²) >= 11 is 0. The minimum atomic E-state index is 0.646. The molecule has 10 aromatic carbocycles. The molecule has 0 aliphatic heterocycles. The Kier molecular flexibility index (Phi) is 10.9. The molecule has 0 N–H and O–H groups in total. The van der Waals surface area contributed by atoms with Crippen LogP contribution in [0.4, 0.5) is 34.3 Å². The van der Waals surface area contributed by atoms with Crippen LogP contribution in [-0.4, -0.2) is 9.97 Å². The van der Waals surface area contributed by atoms with E-state index in [9.17, 15) is 0 Å². The van der Waals surface area contributed by atoms with Crippen LogP contribution in [0, 0.1) is 0 Å². The van der Waals surface area contributed by atoms with Crippen molar-refractivity contribution in [2.75, 3.05) is 9.80 Å².